The van der Waals surface area contributed by atoms with Crippen LogP contribution in [0.2, 0.25) is 0 Å². The molecule has 0 spiro atoms. The molecular formula is C46H58BrN7O8. The summed E-state index contributed by atoms with van der Waals surface area (Å²) in [7, 11) is 2.50. The first-order chi connectivity index (χ1) is 29.7. The lowest BCUT2D eigenvalue weighted by molar-refractivity contribution is -0.139. The van der Waals surface area contributed by atoms with Gasteiger partial charge >= 0.3 is 12.2 Å². The predicted molar refractivity (Wildman–Crippen MR) is 239 cm³/mol. The van der Waals surface area contributed by atoms with E-state index in [0.29, 0.717) is 50.1 Å². The van der Waals surface area contributed by atoms with Gasteiger partial charge in [-0.15, -0.1) is 0 Å². The minimum absolute atomic E-state index is 0.0257. The molecule has 0 aromatic heterocycles. The molecule has 2 unspecified atom stereocenters. The molecule has 0 aliphatic carbocycles. The second-order valence-corrected chi connectivity index (χ2v) is 17.7. The maximum atomic E-state index is 13.6. The van der Waals surface area contributed by atoms with E-state index >= 15 is 0 Å². The lowest BCUT2D eigenvalue weighted by Crippen LogP contribution is -2.54. The number of nitrogens with one attached hydrogen (secondary N) is 4. The van der Waals surface area contributed by atoms with Crippen LogP contribution in [0, 0.1) is 11.8 Å². The Morgan fingerprint density at radius 1 is 0.581 bits per heavy atom. The summed E-state index contributed by atoms with van der Waals surface area (Å²) in [5.74, 6) is -1.56. The van der Waals surface area contributed by atoms with Crippen molar-refractivity contribution >= 4 is 68.8 Å². The Labute approximate surface area is 371 Å². The van der Waals surface area contributed by atoms with Gasteiger partial charge in [-0.25, -0.2) is 9.59 Å². The highest BCUT2D eigenvalue weighted by atomic mass is 79.9. The third kappa shape index (κ3) is 10.5. The molecule has 15 nitrogen and oxygen atoms in total. The summed E-state index contributed by atoms with van der Waals surface area (Å²) in [6.07, 6.45) is 2.75. The Morgan fingerprint density at radius 3 is 1.32 bits per heavy atom. The summed E-state index contributed by atoms with van der Waals surface area (Å²) in [5, 5.41) is 11.3. The Balaban J connectivity index is 1.13. The largest absolute Gasteiger partial charge is 0.453 e. The van der Waals surface area contributed by atoms with Gasteiger partial charge in [-0.1, -0.05) is 67.9 Å². The van der Waals surface area contributed by atoms with E-state index in [1.807, 2.05) is 88.4 Å². The van der Waals surface area contributed by atoms with Crippen LogP contribution in [0.4, 0.5) is 26.7 Å². The van der Waals surface area contributed by atoms with E-state index in [9.17, 15) is 28.8 Å². The number of likely N-dealkylation sites (tertiary alicyclic amines) is 2. The van der Waals surface area contributed by atoms with Crippen molar-refractivity contribution in [1.29, 1.82) is 0 Å². The molecule has 3 aliphatic rings. The van der Waals surface area contributed by atoms with Gasteiger partial charge in [0.1, 0.15) is 24.2 Å². The molecule has 332 valence electrons. The number of rotatable bonds is 13. The third-order valence-corrected chi connectivity index (χ3v) is 12.6. The minimum Gasteiger partial charge on any atom is -0.453 e. The highest BCUT2D eigenvalue weighted by Crippen LogP contribution is 2.47. The summed E-state index contributed by atoms with van der Waals surface area (Å²) >= 11 is 3.58. The van der Waals surface area contributed by atoms with Crippen molar-refractivity contribution in [2.75, 3.05) is 42.8 Å². The van der Waals surface area contributed by atoms with E-state index in [-0.39, 0.29) is 47.5 Å². The fraction of sp³-hybridized carbons (Fsp3) is 0.478. The van der Waals surface area contributed by atoms with Gasteiger partial charge in [0.15, 0.2) is 0 Å². The van der Waals surface area contributed by atoms with Crippen molar-refractivity contribution < 1.29 is 38.2 Å². The molecule has 3 heterocycles. The van der Waals surface area contributed by atoms with Crippen molar-refractivity contribution in [3.8, 4) is 0 Å². The van der Waals surface area contributed by atoms with Gasteiger partial charge in [-0.3, -0.25) is 19.2 Å². The van der Waals surface area contributed by atoms with Crippen LogP contribution in [-0.2, 0) is 28.7 Å². The van der Waals surface area contributed by atoms with E-state index in [2.05, 4.69) is 54.2 Å². The minimum atomic E-state index is -0.813. The Kier molecular flexibility index (Phi) is 15.2. The van der Waals surface area contributed by atoms with Gasteiger partial charge in [-0.2, -0.15) is 0 Å². The number of amides is 6. The van der Waals surface area contributed by atoms with Crippen LogP contribution in [0.15, 0.2) is 77.3 Å². The highest BCUT2D eigenvalue weighted by molar-refractivity contribution is 9.10. The number of carbonyl (C=O) groups excluding carboxylic acids is 6. The van der Waals surface area contributed by atoms with Gasteiger partial charge in [0, 0.05) is 34.6 Å². The molecule has 3 saturated heterocycles. The molecule has 3 fully saturated rings. The zero-order valence-electron chi connectivity index (χ0n) is 36.2. The topological polar surface area (TPSA) is 179 Å². The van der Waals surface area contributed by atoms with E-state index < -0.39 is 36.4 Å². The van der Waals surface area contributed by atoms with Crippen LogP contribution in [0.5, 0.6) is 0 Å². The molecule has 0 bridgehead atoms. The number of benzene rings is 3. The van der Waals surface area contributed by atoms with Crippen LogP contribution in [0.1, 0.15) is 89.4 Å². The van der Waals surface area contributed by atoms with Crippen molar-refractivity contribution in [3.05, 3.63) is 88.4 Å². The number of nitrogens with zero attached hydrogens (tertiary/aromatic N) is 3. The van der Waals surface area contributed by atoms with Crippen LogP contribution in [0.25, 0.3) is 0 Å². The van der Waals surface area contributed by atoms with E-state index in [1.54, 1.807) is 9.80 Å². The first-order valence-corrected chi connectivity index (χ1v) is 22.2. The smallest absolute Gasteiger partial charge is 0.407 e. The first kappa shape index (κ1) is 45.9. The molecular weight excluding hydrogens is 858 g/mol. The van der Waals surface area contributed by atoms with Crippen molar-refractivity contribution in [2.45, 2.75) is 102 Å². The molecule has 62 heavy (non-hydrogen) atoms. The number of carbonyl (C=O) groups is 6. The fourth-order valence-electron chi connectivity index (χ4n) is 8.83. The third-order valence-electron chi connectivity index (χ3n) is 12.1. The maximum absolute atomic E-state index is 13.6. The van der Waals surface area contributed by atoms with Crippen molar-refractivity contribution in [2.24, 2.45) is 11.8 Å². The average Bonchev–Trinajstić information content (AvgIpc) is 4.06. The van der Waals surface area contributed by atoms with E-state index in [0.717, 1.165) is 34.1 Å². The molecule has 6 rings (SSSR count). The maximum Gasteiger partial charge on any atom is 0.407 e. The normalized spacial score (nSPS) is 20.8. The first-order valence-electron chi connectivity index (χ1n) is 21.4. The number of hydrogen-bond acceptors (Lipinski definition) is 9. The van der Waals surface area contributed by atoms with Gasteiger partial charge in [-0.05, 0) is 110 Å². The van der Waals surface area contributed by atoms with Crippen molar-refractivity contribution in [1.82, 2.24) is 20.4 Å². The summed E-state index contributed by atoms with van der Waals surface area (Å²) < 4.78 is 10.4. The molecule has 6 amide bonds. The number of halogens is 1. The van der Waals surface area contributed by atoms with Crippen molar-refractivity contribution in [3.63, 3.8) is 0 Å². The van der Waals surface area contributed by atoms with Gasteiger partial charge in [0.05, 0.1) is 26.3 Å². The quantitative estimate of drug-likeness (QED) is 0.139. The van der Waals surface area contributed by atoms with Crippen LogP contribution >= 0.6 is 15.9 Å². The Morgan fingerprint density at radius 2 is 0.968 bits per heavy atom. The molecule has 16 heteroatoms. The highest BCUT2D eigenvalue weighted by Gasteiger charge is 2.41. The molecule has 3 aromatic carbocycles. The number of alkyl carbamates (subject to hydrolysis) is 2. The van der Waals surface area contributed by atoms with E-state index in [4.69, 9.17) is 9.47 Å². The summed E-state index contributed by atoms with van der Waals surface area (Å²) in [6.45, 7) is 8.20. The number of methoxy groups -OCH3 is 2. The average molecular weight is 917 g/mol. The molecule has 3 aromatic rings. The van der Waals surface area contributed by atoms with Gasteiger partial charge < -0.3 is 45.4 Å². The zero-order valence-corrected chi connectivity index (χ0v) is 37.8. The summed E-state index contributed by atoms with van der Waals surface area (Å²) in [4.78, 5) is 83.7. The lowest BCUT2D eigenvalue weighted by Gasteiger charge is -2.33. The monoisotopic (exact) mass is 915 g/mol. The Bertz CT molecular complexity index is 1960. The standard InChI is InChI=1S/C46H58BrN7O8/c1-27(2)39(50-45(59)61-5)43(57)52-25-7-9-37(52)41(55)48-32-17-11-29(12-18-32)35-23-24-36(54(35)34-21-15-31(47)16-22-34)30-13-19-33(20-14-30)49-42(56)38-10-8-26-53(38)44(58)40(28(3)4)51-46(60)62-6/h11-22,27-28,35-40H,7-10,23-26H2,1-6H3,(H,48,55)(H,49,56)(H,50,59)(H,51,60)/t35?,36?,37-,38-,39-,40-/m0/s1. The number of ether oxygens (including phenoxy) is 2. The van der Waals surface area contributed by atoms with Crippen LogP contribution < -0.4 is 26.2 Å². The predicted octanol–water partition coefficient (Wildman–Crippen LogP) is 7.15. The summed E-state index contributed by atoms with van der Waals surface area (Å²) in [6, 6.07) is 21.1. The fourth-order valence-corrected chi connectivity index (χ4v) is 9.09. The zero-order chi connectivity index (χ0) is 44.7. The van der Waals surface area contributed by atoms with Crippen LogP contribution in [-0.4, -0.2) is 97.1 Å². The summed E-state index contributed by atoms with van der Waals surface area (Å²) in [5.41, 5.74) is 4.46. The van der Waals surface area contributed by atoms with Crippen LogP contribution in [0.3, 0.4) is 0 Å². The lowest BCUT2D eigenvalue weighted by atomic mass is 10.0. The van der Waals surface area contributed by atoms with Gasteiger partial charge in [0.25, 0.3) is 0 Å². The second kappa shape index (κ2) is 20.5. The second-order valence-electron chi connectivity index (χ2n) is 16.8. The molecule has 0 radical (unpaired) electrons. The van der Waals surface area contributed by atoms with E-state index in [1.165, 1.54) is 14.2 Å². The Hall–Kier alpha value is -5.64. The number of anilines is 3. The van der Waals surface area contributed by atoms with Gasteiger partial charge in [0.2, 0.25) is 23.6 Å². The molecule has 3 aliphatic heterocycles. The number of hydrogen-bond donors (Lipinski definition) is 4. The molecule has 6 atom stereocenters. The molecule has 4 N–H and O–H groups in total. The molecule has 0 saturated carbocycles. The SMILES string of the molecule is COC(=O)N[C@H](C(=O)N1CCC[C@H]1C(=O)Nc1ccc(C2CCC(c3ccc(NC(=O)[C@@H]4CCCN4C(=O)[C@@H](NC(=O)OC)C(C)C)cc3)N2c2ccc(Br)cc2)cc1)C(C)C.